The van der Waals surface area contributed by atoms with Crippen molar-refractivity contribution in [2.24, 2.45) is 5.73 Å². The summed E-state index contributed by atoms with van der Waals surface area (Å²) < 4.78 is 4.89. The Morgan fingerprint density at radius 3 is 2.94 bits per heavy atom. The Hall–Kier alpha value is -1.40. The Morgan fingerprint density at radius 1 is 1.69 bits per heavy atom. The molecule has 0 saturated carbocycles. The van der Waals surface area contributed by atoms with Gasteiger partial charge in [0.05, 0.1) is 13.2 Å². The van der Waals surface area contributed by atoms with Crippen LogP contribution in [0.25, 0.3) is 0 Å². The average molecular weight is 245 g/mol. The Bertz CT molecular complexity index is 386. The second kappa shape index (κ2) is 5.62. The number of hydrogen-bond acceptors (Lipinski definition) is 5. The molecule has 88 valence electrons. The lowest BCUT2D eigenvalue weighted by molar-refractivity contribution is -0.117. The van der Waals surface area contributed by atoms with Gasteiger partial charge in [-0.3, -0.25) is 10.1 Å². The van der Waals surface area contributed by atoms with Crippen LogP contribution >= 0.6 is 11.6 Å². The summed E-state index contributed by atoms with van der Waals surface area (Å²) in [6.45, 7) is 1.81. The van der Waals surface area contributed by atoms with Crippen LogP contribution in [0, 0.1) is 0 Å². The number of aromatic nitrogens is 2. The van der Waals surface area contributed by atoms with Crippen molar-refractivity contribution in [3.63, 3.8) is 0 Å². The molecule has 6 nitrogen and oxygen atoms in total. The fourth-order valence-corrected chi connectivity index (χ4v) is 1.12. The SMILES string of the molecule is CCC(N)C(=O)Nc1nc(Cl)cc(OC)n1. The molecule has 1 heterocycles. The van der Waals surface area contributed by atoms with Crippen molar-refractivity contribution in [3.05, 3.63) is 11.2 Å². The van der Waals surface area contributed by atoms with Crippen LogP contribution in [0.15, 0.2) is 6.07 Å². The molecule has 0 aliphatic rings. The molecule has 0 saturated heterocycles. The molecule has 7 heteroatoms. The van der Waals surface area contributed by atoms with Crippen molar-refractivity contribution in [2.75, 3.05) is 12.4 Å². The topological polar surface area (TPSA) is 90.1 Å². The summed E-state index contributed by atoms with van der Waals surface area (Å²) in [5.41, 5.74) is 5.54. The number of amides is 1. The van der Waals surface area contributed by atoms with E-state index in [2.05, 4.69) is 15.3 Å². The van der Waals surface area contributed by atoms with Gasteiger partial charge < -0.3 is 10.5 Å². The smallest absolute Gasteiger partial charge is 0.243 e. The van der Waals surface area contributed by atoms with E-state index in [1.165, 1.54) is 13.2 Å². The molecule has 1 atom stereocenters. The summed E-state index contributed by atoms with van der Waals surface area (Å²) in [6.07, 6.45) is 0.531. The normalized spacial score (nSPS) is 12.0. The minimum Gasteiger partial charge on any atom is -0.481 e. The van der Waals surface area contributed by atoms with Crippen LogP contribution in [-0.2, 0) is 4.79 Å². The zero-order valence-electron chi connectivity index (χ0n) is 9.03. The third-order valence-corrected chi connectivity index (χ3v) is 2.09. The summed E-state index contributed by atoms with van der Waals surface area (Å²) in [5, 5.41) is 2.64. The number of hydrogen-bond donors (Lipinski definition) is 2. The highest BCUT2D eigenvalue weighted by molar-refractivity contribution is 6.29. The second-order valence-electron chi connectivity index (χ2n) is 3.06. The number of carbonyl (C=O) groups excluding carboxylic acids is 1. The maximum absolute atomic E-state index is 11.5. The van der Waals surface area contributed by atoms with Crippen LogP contribution in [0.1, 0.15) is 13.3 Å². The van der Waals surface area contributed by atoms with Gasteiger partial charge in [-0.2, -0.15) is 4.98 Å². The van der Waals surface area contributed by atoms with Crippen LogP contribution in [0.5, 0.6) is 5.88 Å². The lowest BCUT2D eigenvalue weighted by Gasteiger charge is -2.09. The summed E-state index contributed by atoms with van der Waals surface area (Å²) in [6, 6.07) is 0.852. The van der Waals surface area contributed by atoms with E-state index >= 15 is 0 Å². The number of anilines is 1. The van der Waals surface area contributed by atoms with Gasteiger partial charge >= 0.3 is 0 Å². The van der Waals surface area contributed by atoms with E-state index < -0.39 is 6.04 Å². The van der Waals surface area contributed by atoms with E-state index in [0.717, 1.165) is 0 Å². The standard InChI is InChI=1S/C9H13ClN4O2/c1-3-5(11)8(15)14-9-12-6(10)4-7(13-9)16-2/h4-5H,3,11H2,1-2H3,(H,12,13,14,15). The first kappa shape index (κ1) is 12.7. The predicted octanol–water partition coefficient (Wildman–Crippen LogP) is 0.814. The number of nitrogens with two attached hydrogens (primary N) is 1. The highest BCUT2D eigenvalue weighted by atomic mass is 35.5. The van der Waals surface area contributed by atoms with Gasteiger partial charge in [0, 0.05) is 6.07 Å². The molecule has 1 rings (SSSR count). The third-order valence-electron chi connectivity index (χ3n) is 1.89. The monoisotopic (exact) mass is 244 g/mol. The van der Waals surface area contributed by atoms with Crippen LogP contribution < -0.4 is 15.8 Å². The van der Waals surface area contributed by atoms with E-state index in [9.17, 15) is 4.79 Å². The lowest BCUT2D eigenvalue weighted by Crippen LogP contribution is -2.35. The molecule has 1 unspecified atom stereocenters. The van der Waals surface area contributed by atoms with Crippen LogP contribution in [0.4, 0.5) is 5.95 Å². The fourth-order valence-electron chi connectivity index (χ4n) is 0.946. The minimum absolute atomic E-state index is 0.0817. The first-order valence-electron chi connectivity index (χ1n) is 4.71. The maximum atomic E-state index is 11.5. The van der Waals surface area contributed by atoms with E-state index in [1.54, 1.807) is 0 Å². The van der Waals surface area contributed by atoms with E-state index in [0.29, 0.717) is 6.42 Å². The van der Waals surface area contributed by atoms with Crippen molar-refractivity contribution in [2.45, 2.75) is 19.4 Å². The first-order valence-corrected chi connectivity index (χ1v) is 5.09. The zero-order chi connectivity index (χ0) is 12.1. The molecule has 0 aliphatic heterocycles. The number of nitrogens with one attached hydrogen (secondary N) is 1. The van der Waals surface area contributed by atoms with Crippen LogP contribution in [0.3, 0.4) is 0 Å². The molecule has 0 spiro atoms. The lowest BCUT2D eigenvalue weighted by atomic mass is 10.2. The molecule has 0 aliphatic carbocycles. The van der Waals surface area contributed by atoms with Gasteiger partial charge in [0.25, 0.3) is 0 Å². The van der Waals surface area contributed by atoms with Crippen LogP contribution in [0.2, 0.25) is 5.15 Å². The maximum Gasteiger partial charge on any atom is 0.243 e. The quantitative estimate of drug-likeness (QED) is 0.765. The summed E-state index contributed by atoms with van der Waals surface area (Å²) in [7, 11) is 1.45. The van der Waals surface area contributed by atoms with E-state index in [1.807, 2.05) is 6.92 Å². The van der Waals surface area contributed by atoms with Gasteiger partial charge in [0.15, 0.2) is 0 Å². The largest absolute Gasteiger partial charge is 0.481 e. The highest BCUT2D eigenvalue weighted by Crippen LogP contribution is 2.15. The molecule has 1 aromatic heterocycles. The van der Waals surface area contributed by atoms with Gasteiger partial charge in [-0.1, -0.05) is 18.5 Å². The number of methoxy groups -OCH3 is 1. The molecule has 1 aromatic rings. The molecule has 0 fully saturated rings. The number of ether oxygens (including phenoxy) is 1. The number of nitrogens with zero attached hydrogens (tertiary/aromatic N) is 2. The molecule has 16 heavy (non-hydrogen) atoms. The second-order valence-corrected chi connectivity index (χ2v) is 3.45. The Kier molecular flexibility index (Phi) is 4.45. The van der Waals surface area contributed by atoms with Gasteiger partial charge in [-0.15, -0.1) is 0 Å². The fraction of sp³-hybridized carbons (Fsp3) is 0.444. The van der Waals surface area contributed by atoms with Crippen LogP contribution in [-0.4, -0.2) is 29.0 Å². The third kappa shape index (κ3) is 3.32. The molecule has 0 aromatic carbocycles. The van der Waals surface area contributed by atoms with Crippen molar-refractivity contribution in [1.29, 1.82) is 0 Å². The zero-order valence-corrected chi connectivity index (χ0v) is 9.78. The Labute approximate surface area is 98.2 Å². The predicted molar refractivity (Wildman–Crippen MR) is 60.5 cm³/mol. The molecule has 3 N–H and O–H groups in total. The number of halogens is 1. The molecular weight excluding hydrogens is 232 g/mol. The van der Waals surface area contributed by atoms with Crippen molar-refractivity contribution in [3.8, 4) is 5.88 Å². The molecular formula is C9H13ClN4O2. The highest BCUT2D eigenvalue weighted by Gasteiger charge is 2.13. The van der Waals surface area contributed by atoms with E-state index in [-0.39, 0.29) is 22.9 Å². The number of carbonyl (C=O) groups is 1. The minimum atomic E-state index is -0.589. The van der Waals surface area contributed by atoms with Gasteiger partial charge in [-0.25, -0.2) is 4.98 Å². The average Bonchev–Trinajstić information content (AvgIpc) is 2.26. The summed E-state index contributed by atoms with van der Waals surface area (Å²) in [4.78, 5) is 19.2. The van der Waals surface area contributed by atoms with Crippen molar-refractivity contribution < 1.29 is 9.53 Å². The first-order chi connectivity index (χ1) is 7.56. The molecule has 0 radical (unpaired) electrons. The van der Waals surface area contributed by atoms with Gasteiger partial charge in [-0.05, 0) is 6.42 Å². The van der Waals surface area contributed by atoms with E-state index in [4.69, 9.17) is 22.1 Å². The molecule has 1 amide bonds. The van der Waals surface area contributed by atoms with Gasteiger partial charge in [0.1, 0.15) is 5.15 Å². The summed E-state index contributed by atoms with van der Waals surface area (Å²) in [5.74, 6) is 0.00504. The Balaban J connectivity index is 2.81. The van der Waals surface area contributed by atoms with Gasteiger partial charge in [0.2, 0.25) is 17.7 Å². The van der Waals surface area contributed by atoms with Crippen molar-refractivity contribution in [1.82, 2.24) is 9.97 Å². The van der Waals surface area contributed by atoms with Crippen molar-refractivity contribution >= 4 is 23.5 Å². The number of rotatable bonds is 4. The Morgan fingerprint density at radius 2 is 2.38 bits per heavy atom. The molecule has 0 bridgehead atoms. The summed E-state index contributed by atoms with van der Waals surface area (Å²) >= 11 is 5.71.